The zero-order valence-electron chi connectivity index (χ0n) is 10.8. The molecule has 0 unspecified atom stereocenters. The zero-order chi connectivity index (χ0) is 13.4. The van der Waals surface area contributed by atoms with E-state index < -0.39 is 0 Å². The Hall–Kier alpha value is -2.56. The first-order chi connectivity index (χ1) is 9.15. The molecule has 0 bridgehead atoms. The Balaban J connectivity index is 2.15. The molecule has 5 heteroatoms. The van der Waals surface area contributed by atoms with E-state index in [1.807, 2.05) is 50.5 Å². The molecule has 0 aliphatic carbocycles. The van der Waals surface area contributed by atoms with Crippen LogP contribution >= 0.6 is 0 Å². The van der Waals surface area contributed by atoms with Crippen LogP contribution in [0.3, 0.4) is 0 Å². The average molecular weight is 254 g/mol. The molecular weight excluding hydrogens is 240 g/mol. The molecule has 96 valence electrons. The van der Waals surface area contributed by atoms with Crippen LogP contribution in [0.15, 0.2) is 40.9 Å². The molecule has 19 heavy (non-hydrogen) atoms. The molecule has 5 nitrogen and oxygen atoms in total. The van der Waals surface area contributed by atoms with E-state index in [9.17, 15) is 0 Å². The Morgan fingerprint density at radius 2 is 1.79 bits per heavy atom. The zero-order valence-corrected chi connectivity index (χ0v) is 10.8. The summed E-state index contributed by atoms with van der Waals surface area (Å²) in [6.45, 7) is 0. The summed E-state index contributed by atoms with van der Waals surface area (Å²) < 4.78 is 5.26. The van der Waals surface area contributed by atoms with Gasteiger partial charge in [0, 0.05) is 19.8 Å². The van der Waals surface area contributed by atoms with Gasteiger partial charge in [-0.1, -0.05) is 24.3 Å². The van der Waals surface area contributed by atoms with Crippen molar-refractivity contribution in [2.45, 2.75) is 0 Å². The van der Waals surface area contributed by atoms with Gasteiger partial charge in [0.15, 0.2) is 0 Å². The predicted molar refractivity (Wildman–Crippen MR) is 76.0 cm³/mol. The number of anilines is 2. The van der Waals surface area contributed by atoms with Gasteiger partial charge >= 0.3 is 0 Å². The van der Waals surface area contributed by atoms with Gasteiger partial charge in [-0.3, -0.25) is 0 Å². The molecule has 0 fully saturated rings. The van der Waals surface area contributed by atoms with Gasteiger partial charge in [-0.2, -0.15) is 4.98 Å². The molecule has 0 aliphatic heterocycles. The Labute approximate surface area is 110 Å². The molecule has 2 N–H and O–H groups in total. The van der Waals surface area contributed by atoms with Crippen LogP contribution < -0.4 is 10.6 Å². The Kier molecular flexibility index (Phi) is 2.59. The normalized spacial score (nSPS) is 10.8. The van der Waals surface area contributed by atoms with Gasteiger partial charge in [0.25, 0.3) is 11.8 Å². The maximum atomic E-state index is 6.06. The molecule has 1 aromatic heterocycles. The first kappa shape index (κ1) is 11.5. The maximum Gasteiger partial charge on any atom is 0.265 e. The van der Waals surface area contributed by atoms with Gasteiger partial charge in [-0.05, 0) is 28.1 Å². The molecular formula is C14H14N4O. The molecule has 3 rings (SSSR count). The molecule has 1 heterocycles. The van der Waals surface area contributed by atoms with Gasteiger partial charge in [-0.15, -0.1) is 0 Å². The van der Waals surface area contributed by atoms with Crippen LogP contribution in [0.4, 0.5) is 11.6 Å². The van der Waals surface area contributed by atoms with E-state index in [4.69, 9.17) is 10.3 Å². The van der Waals surface area contributed by atoms with E-state index in [1.54, 1.807) is 4.90 Å². The Bertz CT molecular complexity index is 733. The lowest BCUT2D eigenvalue weighted by atomic mass is 10.1. The highest BCUT2D eigenvalue weighted by molar-refractivity contribution is 5.92. The van der Waals surface area contributed by atoms with E-state index in [2.05, 4.69) is 10.1 Å². The van der Waals surface area contributed by atoms with Crippen LogP contribution in [0, 0.1) is 0 Å². The third-order valence-electron chi connectivity index (χ3n) is 2.96. The number of nitrogen functional groups attached to an aromatic ring is 1. The summed E-state index contributed by atoms with van der Waals surface area (Å²) in [5.41, 5.74) is 7.46. The lowest BCUT2D eigenvalue weighted by Gasteiger charge is -2.04. The second-order valence-corrected chi connectivity index (χ2v) is 4.58. The minimum Gasteiger partial charge on any atom is -0.398 e. The molecule has 2 aromatic carbocycles. The van der Waals surface area contributed by atoms with Gasteiger partial charge in [0.2, 0.25) is 0 Å². The number of nitrogens with two attached hydrogens (primary N) is 1. The van der Waals surface area contributed by atoms with Crippen LogP contribution in [0.25, 0.3) is 22.2 Å². The highest BCUT2D eigenvalue weighted by atomic mass is 16.5. The number of nitrogens with zero attached hydrogens (tertiary/aromatic N) is 3. The largest absolute Gasteiger partial charge is 0.398 e. The monoisotopic (exact) mass is 254 g/mol. The number of benzene rings is 2. The first-order valence-electron chi connectivity index (χ1n) is 5.95. The minimum absolute atomic E-state index is 0.437. The van der Waals surface area contributed by atoms with Crippen molar-refractivity contribution in [1.82, 2.24) is 10.1 Å². The standard InChI is InChI=1S/C14H14N4O/c1-18(2)14-16-13(19-17-14)11-7-9-5-3-4-6-10(9)8-12(11)15/h3-8H,15H2,1-2H3. The van der Waals surface area contributed by atoms with E-state index in [0.717, 1.165) is 16.3 Å². The minimum atomic E-state index is 0.437. The molecule has 3 aromatic rings. The highest BCUT2D eigenvalue weighted by Crippen LogP contribution is 2.30. The van der Waals surface area contributed by atoms with Crippen molar-refractivity contribution in [2.24, 2.45) is 0 Å². The van der Waals surface area contributed by atoms with Gasteiger partial charge in [0.05, 0.1) is 5.56 Å². The van der Waals surface area contributed by atoms with Crippen molar-refractivity contribution in [3.05, 3.63) is 36.4 Å². The van der Waals surface area contributed by atoms with Gasteiger partial charge in [-0.25, -0.2) is 0 Å². The van der Waals surface area contributed by atoms with Crippen molar-refractivity contribution in [2.75, 3.05) is 24.7 Å². The fraction of sp³-hybridized carbons (Fsp3) is 0.143. The topological polar surface area (TPSA) is 68.2 Å². The number of rotatable bonds is 2. The predicted octanol–water partition coefficient (Wildman–Crippen LogP) is 2.54. The van der Waals surface area contributed by atoms with Crippen molar-refractivity contribution < 1.29 is 4.52 Å². The Morgan fingerprint density at radius 3 is 2.42 bits per heavy atom. The molecule has 0 radical (unpaired) electrons. The van der Waals surface area contributed by atoms with E-state index in [1.165, 1.54) is 0 Å². The summed E-state index contributed by atoms with van der Waals surface area (Å²) in [6.07, 6.45) is 0. The van der Waals surface area contributed by atoms with Crippen LogP contribution in [-0.2, 0) is 0 Å². The molecule has 0 atom stereocenters. The first-order valence-corrected chi connectivity index (χ1v) is 5.95. The van der Waals surface area contributed by atoms with Crippen LogP contribution in [0.2, 0.25) is 0 Å². The summed E-state index contributed by atoms with van der Waals surface area (Å²) in [7, 11) is 3.72. The quantitative estimate of drug-likeness (QED) is 0.712. The number of fused-ring (bicyclic) bond motifs is 1. The van der Waals surface area contributed by atoms with Crippen molar-refractivity contribution in [3.8, 4) is 11.5 Å². The smallest absolute Gasteiger partial charge is 0.265 e. The average Bonchev–Trinajstić information content (AvgIpc) is 2.87. The van der Waals surface area contributed by atoms with Gasteiger partial charge < -0.3 is 15.2 Å². The molecule has 0 saturated heterocycles. The van der Waals surface area contributed by atoms with Crippen molar-refractivity contribution >= 4 is 22.4 Å². The summed E-state index contributed by atoms with van der Waals surface area (Å²) in [5, 5.41) is 6.08. The lowest BCUT2D eigenvalue weighted by Crippen LogP contribution is -2.10. The third kappa shape index (κ3) is 1.99. The van der Waals surface area contributed by atoms with E-state index in [0.29, 0.717) is 17.5 Å². The van der Waals surface area contributed by atoms with Crippen LogP contribution in [0.1, 0.15) is 0 Å². The van der Waals surface area contributed by atoms with E-state index in [-0.39, 0.29) is 0 Å². The fourth-order valence-corrected chi connectivity index (χ4v) is 1.95. The van der Waals surface area contributed by atoms with E-state index >= 15 is 0 Å². The molecule has 0 amide bonds. The second kappa shape index (κ2) is 4.28. The summed E-state index contributed by atoms with van der Waals surface area (Å²) >= 11 is 0. The number of aromatic nitrogens is 2. The maximum absolute atomic E-state index is 6.06. The van der Waals surface area contributed by atoms with Crippen molar-refractivity contribution in [3.63, 3.8) is 0 Å². The second-order valence-electron chi connectivity index (χ2n) is 4.58. The summed E-state index contributed by atoms with van der Waals surface area (Å²) in [6, 6.07) is 11.9. The number of hydrogen-bond acceptors (Lipinski definition) is 5. The SMILES string of the molecule is CN(C)c1noc(-c2cc3ccccc3cc2N)n1. The summed E-state index contributed by atoms with van der Waals surface area (Å²) in [5.74, 6) is 0.967. The lowest BCUT2D eigenvalue weighted by molar-refractivity contribution is 0.431. The van der Waals surface area contributed by atoms with Crippen molar-refractivity contribution in [1.29, 1.82) is 0 Å². The number of hydrogen-bond donors (Lipinski definition) is 1. The third-order valence-corrected chi connectivity index (χ3v) is 2.96. The Morgan fingerprint density at radius 1 is 1.11 bits per heavy atom. The fourth-order valence-electron chi connectivity index (χ4n) is 1.95. The molecule has 0 aliphatic rings. The molecule has 0 spiro atoms. The summed E-state index contributed by atoms with van der Waals surface area (Å²) in [4.78, 5) is 6.10. The highest BCUT2D eigenvalue weighted by Gasteiger charge is 2.13. The van der Waals surface area contributed by atoms with Crippen LogP contribution in [0.5, 0.6) is 0 Å². The van der Waals surface area contributed by atoms with Gasteiger partial charge in [0.1, 0.15) is 0 Å². The molecule has 0 saturated carbocycles. The van der Waals surface area contributed by atoms with Crippen LogP contribution in [-0.4, -0.2) is 24.2 Å².